The number of nitrogens with one attached hydrogen (secondary N) is 1. The molecule has 25 heavy (non-hydrogen) atoms. The van der Waals surface area contributed by atoms with Gasteiger partial charge in [0.25, 0.3) is 0 Å². The summed E-state index contributed by atoms with van der Waals surface area (Å²) in [5.41, 5.74) is -0.518. The van der Waals surface area contributed by atoms with E-state index in [0.717, 1.165) is 12.8 Å². The van der Waals surface area contributed by atoms with Crippen molar-refractivity contribution in [3.05, 3.63) is 24.3 Å². The SMILES string of the molecule is C=C(CNC(C)=O)C[C@@]1(C(=O)N2CCC[C@H]2COC)C=CCCC1=O. The van der Waals surface area contributed by atoms with E-state index in [1.165, 1.54) is 6.92 Å². The molecule has 6 heteroatoms. The summed E-state index contributed by atoms with van der Waals surface area (Å²) in [6.45, 7) is 6.79. The van der Waals surface area contributed by atoms with Crippen molar-refractivity contribution in [2.45, 2.75) is 45.1 Å². The zero-order valence-corrected chi connectivity index (χ0v) is 15.2. The van der Waals surface area contributed by atoms with Crippen LogP contribution in [0.25, 0.3) is 0 Å². The number of nitrogens with zero attached hydrogens (tertiary/aromatic N) is 1. The van der Waals surface area contributed by atoms with Crippen molar-refractivity contribution in [1.29, 1.82) is 0 Å². The van der Waals surface area contributed by atoms with Crippen molar-refractivity contribution >= 4 is 17.6 Å². The molecule has 1 N–H and O–H groups in total. The monoisotopic (exact) mass is 348 g/mol. The zero-order chi connectivity index (χ0) is 18.4. The van der Waals surface area contributed by atoms with Crippen LogP contribution in [0.2, 0.25) is 0 Å². The molecule has 0 aromatic rings. The van der Waals surface area contributed by atoms with E-state index in [9.17, 15) is 14.4 Å². The van der Waals surface area contributed by atoms with Gasteiger partial charge in [-0.3, -0.25) is 14.4 Å². The number of Topliss-reactive ketones (excluding diaryl/α,β-unsaturated/α-hetero) is 1. The number of hydrogen-bond donors (Lipinski definition) is 1. The Morgan fingerprint density at radius 2 is 2.24 bits per heavy atom. The van der Waals surface area contributed by atoms with Gasteiger partial charge in [-0.2, -0.15) is 0 Å². The van der Waals surface area contributed by atoms with Crippen LogP contribution in [-0.2, 0) is 19.1 Å². The number of carbonyl (C=O) groups is 3. The molecule has 1 saturated heterocycles. The molecule has 0 saturated carbocycles. The minimum absolute atomic E-state index is 0.0149. The lowest BCUT2D eigenvalue weighted by atomic mass is 9.72. The van der Waals surface area contributed by atoms with Crippen molar-refractivity contribution in [3.63, 3.8) is 0 Å². The fourth-order valence-electron chi connectivity index (χ4n) is 3.67. The average Bonchev–Trinajstić information content (AvgIpc) is 3.03. The Hall–Kier alpha value is -1.95. The van der Waals surface area contributed by atoms with E-state index < -0.39 is 5.41 Å². The van der Waals surface area contributed by atoms with Crippen molar-refractivity contribution in [3.8, 4) is 0 Å². The van der Waals surface area contributed by atoms with Gasteiger partial charge in [-0.05, 0) is 25.7 Å². The third-order valence-corrected chi connectivity index (χ3v) is 4.93. The first-order valence-corrected chi connectivity index (χ1v) is 8.83. The van der Waals surface area contributed by atoms with Crippen LogP contribution in [0.3, 0.4) is 0 Å². The molecule has 2 atom stereocenters. The van der Waals surface area contributed by atoms with E-state index in [2.05, 4.69) is 11.9 Å². The van der Waals surface area contributed by atoms with Crippen LogP contribution in [0.1, 0.15) is 39.0 Å². The molecule has 0 spiro atoms. The topological polar surface area (TPSA) is 75.7 Å². The smallest absolute Gasteiger partial charge is 0.240 e. The van der Waals surface area contributed by atoms with E-state index >= 15 is 0 Å². The van der Waals surface area contributed by atoms with E-state index in [0.29, 0.717) is 31.6 Å². The molecule has 0 aromatic heterocycles. The molecule has 0 bridgehead atoms. The molecule has 0 radical (unpaired) electrons. The molecule has 0 aromatic carbocycles. The second-order valence-electron chi connectivity index (χ2n) is 6.92. The number of rotatable bonds is 7. The quantitative estimate of drug-likeness (QED) is 0.560. The summed E-state index contributed by atoms with van der Waals surface area (Å²) in [7, 11) is 1.62. The highest BCUT2D eigenvalue weighted by atomic mass is 16.5. The second-order valence-corrected chi connectivity index (χ2v) is 6.92. The molecule has 2 aliphatic rings. The first-order chi connectivity index (χ1) is 11.9. The lowest BCUT2D eigenvalue weighted by molar-refractivity contribution is -0.148. The minimum atomic E-state index is -1.19. The largest absolute Gasteiger partial charge is 0.383 e. The molecule has 1 fully saturated rings. The van der Waals surface area contributed by atoms with Gasteiger partial charge < -0.3 is 15.0 Å². The number of methoxy groups -OCH3 is 1. The molecule has 1 aliphatic carbocycles. The molecular formula is C19H28N2O4. The number of ketones is 1. The lowest BCUT2D eigenvalue weighted by Crippen LogP contribution is -2.51. The fourth-order valence-corrected chi connectivity index (χ4v) is 3.67. The van der Waals surface area contributed by atoms with Crippen LogP contribution in [0, 0.1) is 5.41 Å². The number of likely N-dealkylation sites (tertiary alicyclic amines) is 1. The first-order valence-electron chi connectivity index (χ1n) is 8.83. The Kier molecular flexibility index (Phi) is 6.53. The van der Waals surface area contributed by atoms with Gasteiger partial charge in [0.05, 0.1) is 12.6 Å². The van der Waals surface area contributed by atoms with Crippen molar-refractivity contribution in [1.82, 2.24) is 10.2 Å². The van der Waals surface area contributed by atoms with E-state index in [1.54, 1.807) is 18.1 Å². The Labute approximate surface area is 149 Å². The predicted octanol–water partition coefficient (Wildman–Crippen LogP) is 1.61. The fraction of sp³-hybridized carbons (Fsp3) is 0.632. The maximum absolute atomic E-state index is 13.4. The normalized spacial score (nSPS) is 25.9. The number of hydrogen-bond acceptors (Lipinski definition) is 4. The summed E-state index contributed by atoms with van der Waals surface area (Å²) in [5.74, 6) is -0.379. The molecule has 1 aliphatic heterocycles. The number of amides is 2. The summed E-state index contributed by atoms with van der Waals surface area (Å²) >= 11 is 0. The van der Waals surface area contributed by atoms with Gasteiger partial charge in [0.2, 0.25) is 11.8 Å². The standard InChI is InChI=1S/C19H28N2O4/c1-14(12-20-15(2)22)11-19(9-5-4-8-17(19)23)18(24)21-10-6-7-16(21)13-25-3/h5,9,16H,1,4,6-8,10-13H2,2-3H3,(H,20,22)/t16-,19-/m0/s1. The number of carbonyl (C=O) groups excluding carboxylic acids is 3. The summed E-state index contributed by atoms with van der Waals surface area (Å²) < 4.78 is 5.24. The number of ether oxygens (including phenoxy) is 1. The Morgan fingerprint density at radius 3 is 2.88 bits per heavy atom. The van der Waals surface area contributed by atoms with Crippen molar-refractivity contribution in [2.75, 3.05) is 26.8 Å². The van der Waals surface area contributed by atoms with Gasteiger partial charge in [-0.25, -0.2) is 0 Å². The van der Waals surface area contributed by atoms with E-state index in [4.69, 9.17) is 4.74 Å². The van der Waals surface area contributed by atoms with Crippen LogP contribution in [-0.4, -0.2) is 55.3 Å². The van der Waals surface area contributed by atoms with Crippen molar-refractivity contribution < 1.29 is 19.1 Å². The molecule has 6 nitrogen and oxygen atoms in total. The maximum atomic E-state index is 13.4. The summed E-state index contributed by atoms with van der Waals surface area (Å²) in [6, 6.07) is 0.0149. The molecule has 0 unspecified atom stereocenters. The predicted molar refractivity (Wildman–Crippen MR) is 94.9 cm³/mol. The molecule has 138 valence electrons. The van der Waals surface area contributed by atoms with Crippen LogP contribution in [0.4, 0.5) is 0 Å². The van der Waals surface area contributed by atoms with Gasteiger partial charge in [-0.15, -0.1) is 0 Å². The van der Waals surface area contributed by atoms with Gasteiger partial charge in [0.15, 0.2) is 5.78 Å². The second kappa shape index (κ2) is 8.43. The van der Waals surface area contributed by atoms with Gasteiger partial charge in [0.1, 0.15) is 5.41 Å². The van der Waals surface area contributed by atoms with Crippen LogP contribution >= 0.6 is 0 Å². The number of allylic oxidation sites excluding steroid dienone is 1. The Balaban J connectivity index is 2.23. The van der Waals surface area contributed by atoms with Crippen molar-refractivity contribution in [2.24, 2.45) is 5.41 Å². The highest BCUT2D eigenvalue weighted by Crippen LogP contribution is 2.38. The van der Waals surface area contributed by atoms with Gasteiger partial charge >= 0.3 is 0 Å². The summed E-state index contributed by atoms with van der Waals surface area (Å²) in [6.07, 6.45) is 6.72. The molecular weight excluding hydrogens is 320 g/mol. The third-order valence-electron chi connectivity index (χ3n) is 4.93. The summed E-state index contributed by atoms with van der Waals surface area (Å²) in [5, 5.41) is 2.69. The zero-order valence-electron chi connectivity index (χ0n) is 15.2. The molecule has 2 amide bonds. The molecule has 2 rings (SSSR count). The van der Waals surface area contributed by atoms with E-state index in [-0.39, 0.29) is 36.6 Å². The van der Waals surface area contributed by atoms with Gasteiger partial charge in [-0.1, -0.05) is 24.3 Å². The Morgan fingerprint density at radius 1 is 1.48 bits per heavy atom. The van der Waals surface area contributed by atoms with Crippen LogP contribution in [0.5, 0.6) is 0 Å². The first kappa shape index (κ1) is 19.4. The average molecular weight is 348 g/mol. The highest BCUT2D eigenvalue weighted by molar-refractivity contribution is 6.09. The summed E-state index contributed by atoms with van der Waals surface area (Å²) in [4.78, 5) is 39.1. The highest BCUT2D eigenvalue weighted by Gasteiger charge is 2.48. The third kappa shape index (κ3) is 4.37. The van der Waals surface area contributed by atoms with E-state index in [1.807, 2.05) is 6.08 Å². The van der Waals surface area contributed by atoms with Gasteiger partial charge in [0, 0.05) is 33.5 Å². The van der Waals surface area contributed by atoms with Crippen LogP contribution in [0.15, 0.2) is 24.3 Å². The van der Waals surface area contributed by atoms with Crippen LogP contribution < -0.4 is 5.32 Å². The Bertz CT molecular complexity index is 584. The minimum Gasteiger partial charge on any atom is -0.383 e. The lowest BCUT2D eigenvalue weighted by Gasteiger charge is -2.37. The molecule has 1 heterocycles. The maximum Gasteiger partial charge on any atom is 0.240 e.